The molecule has 3 rings (SSSR count). The van der Waals surface area contributed by atoms with Crippen LogP contribution in [0.1, 0.15) is 24.5 Å². The molecule has 1 aromatic carbocycles. The molecule has 1 aromatic heterocycles. The second-order valence-corrected chi connectivity index (χ2v) is 8.48. The molecule has 144 valence electrons. The van der Waals surface area contributed by atoms with Gasteiger partial charge < -0.3 is 10.4 Å². The van der Waals surface area contributed by atoms with Gasteiger partial charge in [0, 0.05) is 37.9 Å². The van der Waals surface area contributed by atoms with Gasteiger partial charge in [0.15, 0.2) is 0 Å². The molecule has 0 saturated carbocycles. The fourth-order valence-electron chi connectivity index (χ4n) is 3.14. The molecular formula is C19H23N3O4S. The first-order valence-electron chi connectivity index (χ1n) is 8.89. The number of nitrogens with zero attached hydrogens (tertiary/aromatic N) is 2. The highest BCUT2D eigenvalue weighted by Gasteiger charge is 2.32. The van der Waals surface area contributed by atoms with Gasteiger partial charge in [-0.2, -0.15) is 4.31 Å². The van der Waals surface area contributed by atoms with Gasteiger partial charge in [-0.05, 0) is 30.5 Å². The summed E-state index contributed by atoms with van der Waals surface area (Å²) in [6, 6.07) is 12.2. The van der Waals surface area contributed by atoms with Crippen molar-refractivity contribution in [1.82, 2.24) is 14.6 Å². The maximum atomic E-state index is 12.6. The molecule has 2 heterocycles. The van der Waals surface area contributed by atoms with Gasteiger partial charge in [0.25, 0.3) is 0 Å². The van der Waals surface area contributed by atoms with Crippen LogP contribution in [0.3, 0.4) is 0 Å². The van der Waals surface area contributed by atoms with Gasteiger partial charge in [0.05, 0.1) is 6.10 Å². The van der Waals surface area contributed by atoms with E-state index in [2.05, 4.69) is 10.3 Å². The minimum Gasteiger partial charge on any atom is -0.387 e. The van der Waals surface area contributed by atoms with Crippen molar-refractivity contribution in [3.63, 3.8) is 0 Å². The van der Waals surface area contributed by atoms with Crippen molar-refractivity contribution in [2.75, 3.05) is 19.6 Å². The first kappa shape index (κ1) is 19.5. The smallest absolute Gasteiger partial charge is 0.244 e. The number of carbonyl (C=O) groups excluding carboxylic acids is 1. The van der Waals surface area contributed by atoms with Gasteiger partial charge in [0.1, 0.15) is 4.90 Å². The fraction of sp³-hybridized carbons (Fsp3) is 0.368. The molecule has 0 spiro atoms. The highest BCUT2D eigenvalue weighted by atomic mass is 32.2. The van der Waals surface area contributed by atoms with Crippen LogP contribution in [-0.2, 0) is 14.8 Å². The number of benzene rings is 1. The number of sulfonamides is 1. The molecule has 2 aromatic rings. The van der Waals surface area contributed by atoms with Gasteiger partial charge in [-0.25, -0.2) is 8.42 Å². The number of aromatic nitrogens is 1. The molecule has 8 heteroatoms. The third-order valence-corrected chi connectivity index (χ3v) is 6.63. The first-order valence-corrected chi connectivity index (χ1v) is 10.3. The molecule has 1 fully saturated rings. The van der Waals surface area contributed by atoms with Crippen molar-refractivity contribution in [3.05, 3.63) is 60.4 Å². The van der Waals surface area contributed by atoms with Crippen molar-refractivity contribution in [2.24, 2.45) is 5.92 Å². The zero-order valence-electron chi connectivity index (χ0n) is 14.9. The van der Waals surface area contributed by atoms with Crippen molar-refractivity contribution in [2.45, 2.75) is 23.8 Å². The van der Waals surface area contributed by atoms with Crippen LogP contribution >= 0.6 is 0 Å². The normalized spacial score (nSPS) is 17.4. The van der Waals surface area contributed by atoms with Crippen LogP contribution in [0.2, 0.25) is 0 Å². The summed E-state index contributed by atoms with van der Waals surface area (Å²) in [7, 11) is -3.57. The molecule has 27 heavy (non-hydrogen) atoms. The van der Waals surface area contributed by atoms with E-state index in [1.807, 2.05) is 18.2 Å². The van der Waals surface area contributed by atoms with Crippen LogP contribution in [0, 0.1) is 5.92 Å². The average molecular weight is 389 g/mol. The highest BCUT2D eigenvalue weighted by Crippen LogP contribution is 2.23. The standard InChI is InChI=1S/C19H23N3O4S/c23-18(15-5-2-1-3-6-15)14-21-19(24)16-8-11-22(12-9-16)27(25,26)17-7-4-10-20-13-17/h1-7,10,13,16,18,23H,8-9,11-12,14H2,(H,21,24). The van der Waals surface area contributed by atoms with Crippen molar-refractivity contribution in [3.8, 4) is 0 Å². The first-order chi connectivity index (χ1) is 13.0. The lowest BCUT2D eigenvalue weighted by Gasteiger charge is -2.30. The van der Waals surface area contributed by atoms with E-state index >= 15 is 0 Å². The van der Waals surface area contributed by atoms with Gasteiger partial charge in [-0.15, -0.1) is 0 Å². The molecular weight excluding hydrogens is 366 g/mol. The Bertz CT molecular complexity index is 851. The van der Waals surface area contributed by atoms with Gasteiger partial charge >= 0.3 is 0 Å². The lowest BCUT2D eigenvalue weighted by molar-refractivity contribution is -0.126. The van der Waals surface area contributed by atoms with Gasteiger partial charge in [-0.1, -0.05) is 30.3 Å². The summed E-state index contributed by atoms with van der Waals surface area (Å²) in [6.45, 7) is 0.712. The van der Waals surface area contributed by atoms with Crippen LogP contribution in [0.5, 0.6) is 0 Å². The highest BCUT2D eigenvalue weighted by molar-refractivity contribution is 7.89. The van der Waals surface area contributed by atoms with Crippen molar-refractivity contribution >= 4 is 15.9 Å². The fourth-order valence-corrected chi connectivity index (χ4v) is 4.58. The maximum absolute atomic E-state index is 12.6. The Morgan fingerprint density at radius 1 is 1.19 bits per heavy atom. The van der Waals surface area contributed by atoms with Gasteiger partial charge in [-0.3, -0.25) is 9.78 Å². The van der Waals surface area contributed by atoms with E-state index in [-0.39, 0.29) is 36.4 Å². The minimum atomic E-state index is -3.57. The van der Waals surface area contributed by atoms with Crippen molar-refractivity contribution < 1.29 is 18.3 Å². The van der Waals surface area contributed by atoms with E-state index in [1.165, 1.54) is 22.8 Å². The number of carbonyl (C=O) groups is 1. The number of aliphatic hydroxyl groups excluding tert-OH is 1. The second-order valence-electron chi connectivity index (χ2n) is 6.54. The largest absolute Gasteiger partial charge is 0.387 e. The van der Waals surface area contributed by atoms with Crippen molar-refractivity contribution in [1.29, 1.82) is 0 Å². The topological polar surface area (TPSA) is 99.6 Å². The summed E-state index contributed by atoms with van der Waals surface area (Å²) in [5.41, 5.74) is 0.746. The number of amides is 1. The monoisotopic (exact) mass is 389 g/mol. The third-order valence-electron chi connectivity index (χ3n) is 4.75. The number of piperidine rings is 1. The van der Waals surface area contributed by atoms with E-state index in [1.54, 1.807) is 18.2 Å². The predicted octanol–water partition coefficient (Wildman–Crippen LogP) is 1.33. The number of hydrogen-bond acceptors (Lipinski definition) is 5. The number of pyridine rings is 1. The Morgan fingerprint density at radius 2 is 1.89 bits per heavy atom. The lowest BCUT2D eigenvalue weighted by atomic mass is 9.97. The molecule has 1 amide bonds. The van der Waals surface area contributed by atoms with Crippen LogP contribution in [0.4, 0.5) is 0 Å². The van der Waals surface area contributed by atoms with E-state index in [9.17, 15) is 18.3 Å². The summed E-state index contributed by atoms with van der Waals surface area (Å²) < 4.78 is 26.6. The summed E-state index contributed by atoms with van der Waals surface area (Å²) in [5.74, 6) is -0.406. The van der Waals surface area contributed by atoms with E-state index in [4.69, 9.17) is 0 Å². The third kappa shape index (κ3) is 4.71. The summed E-state index contributed by atoms with van der Waals surface area (Å²) >= 11 is 0. The van der Waals surface area contributed by atoms with Crippen LogP contribution in [-0.4, -0.2) is 48.4 Å². The molecule has 1 aliphatic heterocycles. The summed E-state index contributed by atoms with van der Waals surface area (Å²) in [4.78, 5) is 16.4. The zero-order valence-corrected chi connectivity index (χ0v) is 15.7. The Labute approximate surface area is 159 Å². The minimum absolute atomic E-state index is 0.136. The molecule has 2 N–H and O–H groups in total. The molecule has 0 aliphatic carbocycles. The lowest BCUT2D eigenvalue weighted by Crippen LogP contribution is -2.43. The zero-order chi connectivity index (χ0) is 19.3. The Morgan fingerprint density at radius 3 is 2.52 bits per heavy atom. The van der Waals surface area contributed by atoms with Gasteiger partial charge in [0.2, 0.25) is 15.9 Å². The van der Waals surface area contributed by atoms with Crippen LogP contribution in [0.15, 0.2) is 59.8 Å². The van der Waals surface area contributed by atoms with E-state index in [0.717, 1.165) is 5.56 Å². The molecule has 0 radical (unpaired) electrons. The van der Waals surface area contributed by atoms with E-state index < -0.39 is 16.1 Å². The molecule has 1 unspecified atom stereocenters. The summed E-state index contributed by atoms with van der Waals surface area (Å²) in [6.07, 6.45) is 3.00. The maximum Gasteiger partial charge on any atom is 0.244 e. The second kappa shape index (κ2) is 8.60. The van der Waals surface area contributed by atoms with Crippen LogP contribution in [0.25, 0.3) is 0 Å². The Kier molecular flexibility index (Phi) is 6.20. The number of hydrogen-bond donors (Lipinski definition) is 2. The number of aliphatic hydroxyl groups is 1. The molecule has 1 atom stereocenters. The molecule has 1 saturated heterocycles. The predicted molar refractivity (Wildman–Crippen MR) is 100 cm³/mol. The molecule has 1 aliphatic rings. The Hall–Kier alpha value is -2.29. The number of nitrogens with one attached hydrogen (secondary N) is 1. The molecule has 0 bridgehead atoms. The Balaban J connectivity index is 1.51. The number of rotatable bonds is 6. The summed E-state index contributed by atoms with van der Waals surface area (Å²) in [5, 5.41) is 12.9. The SMILES string of the molecule is O=C(NCC(O)c1ccccc1)C1CCN(S(=O)(=O)c2cccnc2)CC1. The quantitative estimate of drug-likeness (QED) is 0.777. The van der Waals surface area contributed by atoms with E-state index in [0.29, 0.717) is 12.8 Å². The average Bonchev–Trinajstić information content (AvgIpc) is 2.73. The van der Waals surface area contributed by atoms with Crippen LogP contribution < -0.4 is 5.32 Å². The molecule has 7 nitrogen and oxygen atoms in total.